The summed E-state index contributed by atoms with van der Waals surface area (Å²) in [5, 5.41) is 3.88. The van der Waals surface area contributed by atoms with Crippen molar-refractivity contribution in [1.29, 1.82) is 0 Å². The molecule has 0 aliphatic carbocycles. The van der Waals surface area contributed by atoms with E-state index in [2.05, 4.69) is 10.3 Å². The Hall–Kier alpha value is -2.82. The lowest BCUT2D eigenvalue weighted by Crippen LogP contribution is -2.23. The summed E-state index contributed by atoms with van der Waals surface area (Å²) >= 11 is 0. The first kappa shape index (κ1) is 15.1. The van der Waals surface area contributed by atoms with Crippen LogP contribution in [0.25, 0.3) is 10.9 Å². The van der Waals surface area contributed by atoms with Gasteiger partial charge in [-0.05, 0) is 36.2 Å². The maximum absolute atomic E-state index is 12.3. The molecule has 0 saturated carbocycles. The molecule has 0 atom stereocenters. The number of aromatic nitrogens is 2. The molecule has 0 bridgehead atoms. The third kappa shape index (κ3) is 3.18. The number of para-hydroxylation sites is 1. The van der Waals surface area contributed by atoms with Crippen LogP contribution in [0.1, 0.15) is 5.56 Å². The van der Waals surface area contributed by atoms with Crippen LogP contribution in [0.5, 0.6) is 5.75 Å². The average molecular weight is 309 g/mol. The van der Waals surface area contributed by atoms with Gasteiger partial charge >= 0.3 is 0 Å². The van der Waals surface area contributed by atoms with Gasteiger partial charge in [0, 0.05) is 13.6 Å². The first-order chi connectivity index (χ1) is 11.2. The van der Waals surface area contributed by atoms with Crippen molar-refractivity contribution in [3.05, 3.63) is 64.4 Å². The van der Waals surface area contributed by atoms with Gasteiger partial charge < -0.3 is 10.1 Å². The lowest BCUT2D eigenvalue weighted by molar-refractivity contribution is 0.414. The molecule has 1 heterocycles. The Labute approximate surface area is 134 Å². The van der Waals surface area contributed by atoms with Crippen molar-refractivity contribution in [3.63, 3.8) is 0 Å². The fourth-order valence-corrected chi connectivity index (χ4v) is 2.49. The molecule has 5 nitrogen and oxygen atoms in total. The molecule has 118 valence electrons. The van der Waals surface area contributed by atoms with Crippen LogP contribution in [0.4, 0.5) is 5.95 Å². The van der Waals surface area contributed by atoms with E-state index in [4.69, 9.17) is 4.74 Å². The van der Waals surface area contributed by atoms with Crippen molar-refractivity contribution in [1.82, 2.24) is 9.55 Å². The molecule has 3 aromatic rings. The number of anilines is 1. The first-order valence-electron chi connectivity index (χ1n) is 7.51. The highest BCUT2D eigenvalue weighted by Gasteiger charge is 2.07. The SMILES string of the molecule is COc1ccc(CCNc2nc3ccccc3c(=O)n2C)cc1. The third-order valence-electron chi connectivity index (χ3n) is 3.84. The lowest BCUT2D eigenvalue weighted by Gasteiger charge is -2.11. The predicted octanol–water partition coefficient (Wildman–Crippen LogP) is 2.60. The molecule has 0 aliphatic heterocycles. The summed E-state index contributed by atoms with van der Waals surface area (Å²) in [7, 11) is 3.39. The Bertz CT molecular complexity index is 870. The van der Waals surface area contributed by atoms with E-state index < -0.39 is 0 Å². The van der Waals surface area contributed by atoms with Crippen LogP contribution < -0.4 is 15.6 Å². The van der Waals surface area contributed by atoms with Crippen molar-refractivity contribution in [3.8, 4) is 5.75 Å². The molecular formula is C18H19N3O2. The van der Waals surface area contributed by atoms with Gasteiger partial charge in [0.15, 0.2) is 0 Å². The Morgan fingerprint density at radius 1 is 1.13 bits per heavy atom. The second-order valence-corrected chi connectivity index (χ2v) is 5.34. The summed E-state index contributed by atoms with van der Waals surface area (Å²) in [6.07, 6.45) is 0.840. The minimum Gasteiger partial charge on any atom is -0.497 e. The summed E-state index contributed by atoms with van der Waals surface area (Å²) in [6.45, 7) is 0.699. The van der Waals surface area contributed by atoms with Gasteiger partial charge in [0.2, 0.25) is 5.95 Å². The first-order valence-corrected chi connectivity index (χ1v) is 7.51. The summed E-state index contributed by atoms with van der Waals surface area (Å²) in [6, 6.07) is 15.3. The normalized spacial score (nSPS) is 10.7. The molecule has 23 heavy (non-hydrogen) atoms. The number of rotatable bonds is 5. The molecule has 2 aromatic carbocycles. The van der Waals surface area contributed by atoms with Gasteiger partial charge in [0.1, 0.15) is 5.75 Å². The molecule has 0 unspecified atom stereocenters. The minimum absolute atomic E-state index is 0.0393. The number of ether oxygens (including phenoxy) is 1. The van der Waals surface area contributed by atoms with Gasteiger partial charge in [-0.1, -0.05) is 24.3 Å². The van der Waals surface area contributed by atoms with Crippen LogP contribution in [0, 0.1) is 0 Å². The van der Waals surface area contributed by atoms with Gasteiger partial charge in [-0.2, -0.15) is 0 Å². The number of nitrogens with one attached hydrogen (secondary N) is 1. The van der Waals surface area contributed by atoms with Crippen LogP contribution in [0.15, 0.2) is 53.3 Å². The number of methoxy groups -OCH3 is 1. The lowest BCUT2D eigenvalue weighted by atomic mass is 10.1. The van der Waals surface area contributed by atoms with E-state index in [-0.39, 0.29) is 5.56 Å². The van der Waals surface area contributed by atoms with E-state index in [0.29, 0.717) is 23.4 Å². The smallest absolute Gasteiger partial charge is 0.262 e. The number of benzene rings is 2. The quantitative estimate of drug-likeness (QED) is 0.787. The van der Waals surface area contributed by atoms with Gasteiger partial charge in [-0.3, -0.25) is 9.36 Å². The van der Waals surface area contributed by atoms with Gasteiger partial charge in [0.05, 0.1) is 18.0 Å². The highest BCUT2D eigenvalue weighted by atomic mass is 16.5. The molecule has 0 saturated heterocycles. The summed E-state index contributed by atoms with van der Waals surface area (Å²) in [5.74, 6) is 1.43. The molecule has 1 aromatic heterocycles. The zero-order valence-electron chi connectivity index (χ0n) is 13.2. The zero-order valence-corrected chi connectivity index (χ0v) is 13.2. The molecule has 0 spiro atoms. The number of hydrogen-bond acceptors (Lipinski definition) is 4. The largest absolute Gasteiger partial charge is 0.497 e. The van der Waals surface area contributed by atoms with E-state index >= 15 is 0 Å². The third-order valence-corrected chi connectivity index (χ3v) is 3.84. The predicted molar refractivity (Wildman–Crippen MR) is 92.2 cm³/mol. The van der Waals surface area contributed by atoms with Gasteiger partial charge in [-0.15, -0.1) is 0 Å². The highest BCUT2D eigenvalue weighted by molar-refractivity contribution is 5.78. The van der Waals surface area contributed by atoms with Crippen LogP contribution >= 0.6 is 0 Å². The molecule has 0 amide bonds. The number of fused-ring (bicyclic) bond motifs is 1. The monoisotopic (exact) mass is 309 g/mol. The molecule has 1 N–H and O–H groups in total. The Kier molecular flexibility index (Phi) is 4.28. The second-order valence-electron chi connectivity index (χ2n) is 5.34. The molecule has 3 rings (SSSR count). The highest BCUT2D eigenvalue weighted by Crippen LogP contribution is 2.13. The molecular weight excluding hydrogens is 290 g/mol. The maximum Gasteiger partial charge on any atom is 0.262 e. The average Bonchev–Trinajstić information content (AvgIpc) is 2.60. The van der Waals surface area contributed by atoms with Gasteiger partial charge in [-0.25, -0.2) is 4.98 Å². The zero-order chi connectivity index (χ0) is 16.2. The number of hydrogen-bond donors (Lipinski definition) is 1. The van der Waals surface area contributed by atoms with Crippen LogP contribution in [0.2, 0.25) is 0 Å². The fourth-order valence-electron chi connectivity index (χ4n) is 2.49. The standard InChI is InChI=1S/C18H19N3O2/c1-21-17(22)15-5-3-4-6-16(15)20-18(21)19-12-11-13-7-9-14(23-2)10-8-13/h3-10H,11-12H2,1-2H3,(H,19,20). The van der Waals surface area contributed by atoms with Crippen LogP contribution in [-0.4, -0.2) is 23.2 Å². The van der Waals surface area contributed by atoms with Crippen molar-refractivity contribution in [2.45, 2.75) is 6.42 Å². The summed E-state index contributed by atoms with van der Waals surface area (Å²) in [4.78, 5) is 16.8. The van der Waals surface area contributed by atoms with Crippen LogP contribution in [0.3, 0.4) is 0 Å². The molecule has 0 fully saturated rings. The van der Waals surface area contributed by atoms with E-state index in [0.717, 1.165) is 12.2 Å². The van der Waals surface area contributed by atoms with E-state index in [1.807, 2.05) is 42.5 Å². The Morgan fingerprint density at radius 3 is 2.61 bits per heavy atom. The fraction of sp³-hybridized carbons (Fsp3) is 0.222. The van der Waals surface area contributed by atoms with E-state index in [1.165, 1.54) is 5.56 Å². The maximum atomic E-state index is 12.3. The van der Waals surface area contributed by atoms with E-state index in [1.54, 1.807) is 24.8 Å². The van der Waals surface area contributed by atoms with Crippen molar-refractivity contribution >= 4 is 16.9 Å². The second kappa shape index (κ2) is 6.52. The van der Waals surface area contributed by atoms with Crippen molar-refractivity contribution < 1.29 is 4.74 Å². The van der Waals surface area contributed by atoms with Gasteiger partial charge in [0.25, 0.3) is 5.56 Å². The Morgan fingerprint density at radius 2 is 1.87 bits per heavy atom. The minimum atomic E-state index is -0.0393. The van der Waals surface area contributed by atoms with Crippen molar-refractivity contribution in [2.75, 3.05) is 19.0 Å². The molecule has 0 radical (unpaired) electrons. The van der Waals surface area contributed by atoms with Crippen molar-refractivity contribution in [2.24, 2.45) is 7.05 Å². The molecule has 0 aliphatic rings. The summed E-state index contributed by atoms with van der Waals surface area (Å²) < 4.78 is 6.70. The number of nitrogens with zero attached hydrogens (tertiary/aromatic N) is 2. The van der Waals surface area contributed by atoms with E-state index in [9.17, 15) is 4.79 Å². The summed E-state index contributed by atoms with van der Waals surface area (Å²) in [5.41, 5.74) is 1.87. The molecule has 5 heteroatoms. The topological polar surface area (TPSA) is 56.1 Å². The Balaban J connectivity index is 1.74. The van der Waals surface area contributed by atoms with Crippen LogP contribution in [-0.2, 0) is 13.5 Å².